The number of nitrogen functional groups attached to an aromatic ring is 1. The Labute approximate surface area is 102 Å². The number of aromatic nitrogens is 4. The standard InChI is InChI=1S/C11H9N5S/c12-16-10(14-15-11(16)17)8-5-6-13-9-4-2-1-3-7(8)9/h1-6H,12H2,(H,15,17). The van der Waals surface area contributed by atoms with Crippen LogP contribution in [-0.4, -0.2) is 19.9 Å². The maximum absolute atomic E-state index is 5.82. The number of fused-ring (bicyclic) bond motifs is 1. The van der Waals surface area contributed by atoms with Gasteiger partial charge in [-0.05, 0) is 24.4 Å². The predicted octanol–water partition coefficient (Wildman–Crippen LogP) is 1.87. The molecular weight excluding hydrogens is 234 g/mol. The van der Waals surface area contributed by atoms with E-state index < -0.39 is 0 Å². The molecule has 0 aliphatic carbocycles. The summed E-state index contributed by atoms with van der Waals surface area (Å²) in [5.41, 5.74) is 1.81. The zero-order chi connectivity index (χ0) is 11.8. The van der Waals surface area contributed by atoms with Gasteiger partial charge in [0.2, 0.25) is 4.77 Å². The second kappa shape index (κ2) is 3.67. The topological polar surface area (TPSA) is 72.5 Å². The molecule has 0 radical (unpaired) electrons. The van der Waals surface area contributed by atoms with Crippen molar-refractivity contribution in [1.29, 1.82) is 0 Å². The highest BCUT2D eigenvalue weighted by molar-refractivity contribution is 7.71. The predicted molar refractivity (Wildman–Crippen MR) is 68.3 cm³/mol. The third kappa shape index (κ3) is 1.50. The smallest absolute Gasteiger partial charge is 0.214 e. The molecule has 0 aliphatic rings. The van der Waals surface area contributed by atoms with Crippen LogP contribution in [0.4, 0.5) is 0 Å². The summed E-state index contributed by atoms with van der Waals surface area (Å²) in [5.74, 6) is 6.43. The summed E-state index contributed by atoms with van der Waals surface area (Å²) in [6.07, 6.45) is 1.73. The van der Waals surface area contributed by atoms with E-state index in [1.807, 2.05) is 30.3 Å². The maximum atomic E-state index is 5.82. The van der Waals surface area contributed by atoms with E-state index in [9.17, 15) is 0 Å². The van der Waals surface area contributed by atoms with Crippen molar-refractivity contribution in [3.63, 3.8) is 0 Å². The molecule has 2 aromatic heterocycles. The van der Waals surface area contributed by atoms with E-state index in [0.717, 1.165) is 16.5 Å². The van der Waals surface area contributed by atoms with E-state index in [4.69, 9.17) is 18.1 Å². The Morgan fingerprint density at radius 3 is 2.82 bits per heavy atom. The quantitative estimate of drug-likeness (QED) is 0.505. The van der Waals surface area contributed by atoms with E-state index in [1.54, 1.807) is 6.20 Å². The van der Waals surface area contributed by atoms with Crippen molar-refractivity contribution in [2.24, 2.45) is 0 Å². The molecule has 3 N–H and O–H groups in total. The monoisotopic (exact) mass is 243 g/mol. The third-order valence-electron chi connectivity index (χ3n) is 2.59. The number of hydrogen-bond donors (Lipinski definition) is 2. The van der Waals surface area contributed by atoms with Gasteiger partial charge in [0, 0.05) is 17.1 Å². The highest BCUT2D eigenvalue weighted by Crippen LogP contribution is 2.24. The molecule has 0 fully saturated rings. The fourth-order valence-corrected chi connectivity index (χ4v) is 1.92. The summed E-state index contributed by atoms with van der Waals surface area (Å²) >= 11 is 5.00. The average molecular weight is 243 g/mol. The molecule has 3 aromatic rings. The van der Waals surface area contributed by atoms with Crippen molar-refractivity contribution in [1.82, 2.24) is 19.9 Å². The largest absolute Gasteiger partial charge is 0.335 e. The number of nitrogens with one attached hydrogen (secondary N) is 1. The van der Waals surface area contributed by atoms with Crippen LogP contribution in [0.5, 0.6) is 0 Å². The second-order valence-electron chi connectivity index (χ2n) is 3.60. The Hall–Kier alpha value is -2.21. The fourth-order valence-electron chi connectivity index (χ4n) is 1.79. The normalized spacial score (nSPS) is 10.8. The molecule has 2 heterocycles. The Morgan fingerprint density at radius 2 is 2.06 bits per heavy atom. The van der Waals surface area contributed by atoms with Crippen LogP contribution in [0.1, 0.15) is 0 Å². The molecule has 0 aliphatic heterocycles. The van der Waals surface area contributed by atoms with Gasteiger partial charge in [-0.3, -0.25) is 4.98 Å². The molecule has 0 atom stereocenters. The van der Waals surface area contributed by atoms with Crippen molar-refractivity contribution < 1.29 is 0 Å². The van der Waals surface area contributed by atoms with Gasteiger partial charge >= 0.3 is 0 Å². The number of pyridine rings is 1. The van der Waals surface area contributed by atoms with Crippen molar-refractivity contribution >= 4 is 23.1 Å². The summed E-state index contributed by atoms with van der Waals surface area (Å²) in [6.45, 7) is 0. The van der Waals surface area contributed by atoms with Crippen molar-refractivity contribution in [3.05, 3.63) is 41.3 Å². The lowest BCUT2D eigenvalue weighted by Gasteiger charge is -2.04. The molecule has 0 saturated carbocycles. The van der Waals surface area contributed by atoms with Crippen molar-refractivity contribution in [2.45, 2.75) is 0 Å². The first-order valence-corrected chi connectivity index (χ1v) is 5.45. The minimum atomic E-state index is 0.390. The lowest BCUT2D eigenvalue weighted by molar-refractivity contribution is 0.985. The second-order valence-corrected chi connectivity index (χ2v) is 3.98. The van der Waals surface area contributed by atoms with E-state index in [-0.39, 0.29) is 0 Å². The Morgan fingerprint density at radius 1 is 1.24 bits per heavy atom. The summed E-state index contributed by atoms with van der Waals surface area (Å²) in [7, 11) is 0. The zero-order valence-corrected chi connectivity index (χ0v) is 9.61. The molecule has 0 bridgehead atoms. The Kier molecular flexibility index (Phi) is 2.15. The van der Waals surface area contributed by atoms with Crippen LogP contribution in [0.2, 0.25) is 0 Å². The van der Waals surface area contributed by atoms with Gasteiger partial charge in [-0.2, -0.15) is 5.10 Å². The van der Waals surface area contributed by atoms with Crippen molar-refractivity contribution in [2.75, 3.05) is 5.84 Å². The maximum Gasteiger partial charge on any atom is 0.214 e. The van der Waals surface area contributed by atoms with Crippen LogP contribution >= 0.6 is 12.2 Å². The number of aromatic amines is 1. The summed E-state index contributed by atoms with van der Waals surface area (Å²) < 4.78 is 1.75. The number of rotatable bonds is 1. The minimum absolute atomic E-state index is 0.390. The van der Waals surface area contributed by atoms with Crippen LogP contribution in [0.3, 0.4) is 0 Å². The highest BCUT2D eigenvalue weighted by atomic mass is 32.1. The van der Waals surface area contributed by atoms with Crippen LogP contribution in [0.25, 0.3) is 22.3 Å². The number of benzene rings is 1. The molecular formula is C11H9N5S. The van der Waals surface area contributed by atoms with Gasteiger partial charge in [-0.15, -0.1) is 0 Å². The lowest BCUT2D eigenvalue weighted by Crippen LogP contribution is -2.10. The van der Waals surface area contributed by atoms with Gasteiger partial charge in [-0.1, -0.05) is 18.2 Å². The van der Waals surface area contributed by atoms with Gasteiger partial charge < -0.3 is 5.84 Å². The molecule has 0 spiro atoms. The number of H-pyrrole nitrogens is 1. The van der Waals surface area contributed by atoms with E-state index >= 15 is 0 Å². The van der Waals surface area contributed by atoms with Crippen LogP contribution < -0.4 is 5.84 Å². The fraction of sp³-hybridized carbons (Fsp3) is 0. The molecule has 5 nitrogen and oxygen atoms in total. The molecule has 6 heteroatoms. The molecule has 0 unspecified atom stereocenters. The minimum Gasteiger partial charge on any atom is -0.335 e. The summed E-state index contributed by atoms with van der Waals surface area (Å²) in [5, 5.41) is 7.80. The lowest BCUT2D eigenvalue weighted by atomic mass is 10.1. The Bertz CT molecular complexity index is 737. The van der Waals surface area contributed by atoms with E-state index in [2.05, 4.69) is 15.2 Å². The Balaban J connectivity index is 2.38. The molecule has 84 valence electrons. The molecule has 0 saturated heterocycles. The number of para-hydroxylation sites is 1. The van der Waals surface area contributed by atoms with Crippen LogP contribution in [0.15, 0.2) is 36.5 Å². The highest BCUT2D eigenvalue weighted by Gasteiger charge is 2.10. The number of nitrogens with zero attached hydrogens (tertiary/aromatic N) is 3. The van der Waals surface area contributed by atoms with Crippen LogP contribution in [-0.2, 0) is 0 Å². The van der Waals surface area contributed by atoms with Gasteiger partial charge in [0.25, 0.3) is 0 Å². The van der Waals surface area contributed by atoms with Crippen LogP contribution in [0, 0.1) is 4.77 Å². The first kappa shape index (κ1) is 9.98. The first-order chi connectivity index (χ1) is 8.27. The van der Waals surface area contributed by atoms with E-state index in [1.165, 1.54) is 4.68 Å². The van der Waals surface area contributed by atoms with E-state index in [0.29, 0.717) is 10.6 Å². The molecule has 0 amide bonds. The first-order valence-electron chi connectivity index (χ1n) is 5.04. The summed E-state index contributed by atoms with van der Waals surface area (Å²) in [6, 6.07) is 9.70. The van der Waals surface area contributed by atoms with Gasteiger partial charge in [0.15, 0.2) is 5.82 Å². The third-order valence-corrected chi connectivity index (χ3v) is 2.88. The molecule has 3 rings (SSSR count). The number of hydrogen-bond acceptors (Lipinski definition) is 4. The van der Waals surface area contributed by atoms with Gasteiger partial charge in [-0.25, -0.2) is 9.77 Å². The van der Waals surface area contributed by atoms with Crippen molar-refractivity contribution in [3.8, 4) is 11.4 Å². The molecule has 17 heavy (non-hydrogen) atoms. The SMILES string of the molecule is Nn1c(-c2ccnc3ccccc23)n[nH]c1=S. The zero-order valence-electron chi connectivity index (χ0n) is 8.79. The number of nitrogens with two attached hydrogens (primary N) is 1. The molecule has 1 aromatic carbocycles. The van der Waals surface area contributed by atoms with Gasteiger partial charge in [0.1, 0.15) is 0 Å². The van der Waals surface area contributed by atoms with Gasteiger partial charge in [0.05, 0.1) is 5.52 Å². The average Bonchev–Trinajstić information content (AvgIpc) is 2.69. The summed E-state index contributed by atoms with van der Waals surface area (Å²) in [4.78, 5) is 4.29.